The third kappa shape index (κ3) is 3.20. The van der Waals surface area contributed by atoms with Crippen molar-refractivity contribution < 1.29 is 14.4 Å². The summed E-state index contributed by atoms with van der Waals surface area (Å²) in [5.41, 5.74) is 0.0861. The van der Waals surface area contributed by atoms with Crippen LogP contribution < -0.4 is 10.6 Å². The molecule has 4 rings (SSSR count). The first-order chi connectivity index (χ1) is 12.5. The summed E-state index contributed by atoms with van der Waals surface area (Å²) in [7, 11) is 1.78. The Hall–Kier alpha value is -2.38. The van der Waals surface area contributed by atoms with E-state index in [1.165, 1.54) is 0 Å². The minimum Gasteiger partial charge on any atom is -0.353 e. The van der Waals surface area contributed by atoms with E-state index in [1.807, 2.05) is 4.90 Å². The molecule has 0 spiro atoms. The predicted octanol–water partition coefficient (Wildman–Crippen LogP) is 0.342. The summed E-state index contributed by atoms with van der Waals surface area (Å²) in [6, 6.07) is 1.69. The molecule has 3 amide bonds. The van der Waals surface area contributed by atoms with Crippen LogP contribution in [0.3, 0.4) is 0 Å². The number of hydrogen-bond donors (Lipinski definition) is 2. The number of carbonyl (C=O) groups is 3. The molecule has 8 heteroatoms. The molecule has 1 aromatic heterocycles. The quantitative estimate of drug-likeness (QED) is 0.792. The number of nitrogens with zero attached hydrogens (tertiary/aromatic N) is 3. The third-order valence-electron chi connectivity index (χ3n) is 5.81. The Kier molecular flexibility index (Phi) is 4.20. The number of aromatic nitrogens is 2. The van der Waals surface area contributed by atoms with E-state index in [0.29, 0.717) is 18.5 Å². The first-order valence-electron chi connectivity index (χ1n) is 9.38. The Morgan fingerprint density at radius 3 is 2.81 bits per heavy atom. The van der Waals surface area contributed by atoms with Gasteiger partial charge in [0.25, 0.3) is 5.91 Å². The number of likely N-dealkylation sites (tertiary alicyclic amines) is 1. The smallest absolute Gasteiger partial charge is 0.272 e. The van der Waals surface area contributed by atoms with E-state index >= 15 is 0 Å². The van der Waals surface area contributed by atoms with Crippen molar-refractivity contribution >= 4 is 17.7 Å². The van der Waals surface area contributed by atoms with E-state index in [2.05, 4.69) is 15.7 Å². The van der Waals surface area contributed by atoms with Crippen LogP contribution in [-0.4, -0.2) is 56.6 Å². The minimum atomic E-state index is -0.320. The summed E-state index contributed by atoms with van der Waals surface area (Å²) in [4.78, 5) is 38.6. The molecule has 2 atom stereocenters. The number of amides is 3. The highest BCUT2D eigenvalue weighted by Gasteiger charge is 2.55. The second-order valence-corrected chi connectivity index (χ2v) is 7.74. The van der Waals surface area contributed by atoms with Crippen LogP contribution in [-0.2, 0) is 16.6 Å². The molecule has 0 aromatic carbocycles. The Morgan fingerprint density at radius 2 is 2.19 bits per heavy atom. The summed E-state index contributed by atoms with van der Waals surface area (Å²) >= 11 is 0. The molecule has 8 nitrogen and oxygen atoms in total. The lowest BCUT2D eigenvalue weighted by Gasteiger charge is -2.33. The van der Waals surface area contributed by atoms with Crippen molar-refractivity contribution in [3.05, 3.63) is 18.0 Å². The molecule has 3 aliphatic rings. The summed E-state index contributed by atoms with van der Waals surface area (Å²) in [6.07, 6.45) is 6.97. The highest BCUT2D eigenvalue weighted by Crippen LogP contribution is 2.45. The highest BCUT2D eigenvalue weighted by atomic mass is 16.2. The van der Waals surface area contributed by atoms with Crippen LogP contribution in [0.1, 0.15) is 55.4 Å². The standard InChI is InChI=1S/C18H25N5O3/c1-22-10-6-13(21-22)17(26)20-18(7-8-18)14-3-2-9-23(14)16(25)11-12-4-5-15(24)19-12/h6,10,12,14H,2-5,7-9,11H2,1H3,(H,19,24)(H,20,26). The lowest BCUT2D eigenvalue weighted by molar-refractivity contribution is -0.133. The summed E-state index contributed by atoms with van der Waals surface area (Å²) in [5, 5.41) is 10.2. The van der Waals surface area contributed by atoms with Gasteiger partial charge in [0.1, 0.15) is 5.69 Å². The maximum Gasteiger partial charge on any atom is 0.272 e. The van der Waals surface area contributed by atoms with Crippen molar-refractivity contribution in [3.63, 3.8) is 0 Å². The van der Waals surface area contributed by atoms with Crippen LogP contribution >= 0.6 is 0 Å². The molecular weight excluding hydrogens is 334 g/mol. The molecule has 2 N–H and O–H groups in total. The van der Waals surface area contributed by atoms with Gasteiger partial charge in [0.2, 0.25) is 11.8 Å². The lowest BCUT2D eigenvalue weighted by Crippen LogP contribution is -2.53. The van der Waals surface area contributed by atoms with Crippen LogP contribution in [0.5, 0.6) is 0 Å². The van der Waals surface area contributed by atoms with E-state index < -0.39 is 0 Å². The number of hydrogen-bond acceptors (Lipinski definition) is 4. The molecule has 2 saturated heterocycles. The van der Waals surface area contributed by atoms with E-state index in [0.717, 1.165) is 38.6 Å². The van der Waals surface area contributed by atoms with Gasteiger partial charge in [-0.05, 0) is 38.2 Å². The van der Waals surface area contributed by atoms with Gasteiger partial charge < -0.3 is 15.5 Å². The maximum atomic E-state index is 12.8. The predicted molar refractivity (Wildman–Crippen MR) is 93.2 cm³/mol. The normalized spacial score (nSPS) is 26.7. The first-order valence-corrected chi connectivity index (χ1v) is 9.38. The second-order valence-electron chi connectivity index (χ2n) is 7.74. The zero-order chi connectivity index (χ0) is 18.3. The summed E-state index contributed by atoms with van der Waals surface area (Å²) in [5.74, 6) is -0.0643. The monoisotopic (exact) mass is 359 g/mol. The molecule has 26 heavy (non-hydrogen) atoms. The number of rotatable bonds is 5. The first kappa shape index (κ1) is 17.1. The molecule has 0 radical (unpaired) electrons. The van der Waals surface area contributed by atoms with Gasteiger partial charge >= 0.3 is 0 Å². The van der Waals surface area contributed by atoms with Gasteiger partial charge in [0.05, 0.1) is 11.6 Å². The van der Waals surface area contributed by atoms with E-state index in [1.54, 1.807) is 24.0 Å². The molecule has 2 unspecified atom stereocenters. The van der Waals surface area contributed by atoms with Gasteiger partial charge in [0, 0.05) is 38.7 Å². The van der Waals surface area contributed by atoms with Crippen molar-refractivity contribution in [1.82, 2.24) is 25.3 Å². The maximum absolute atomic E-state index is 12.8. The SMILES string of the molecule is Cn1ccc(C(=O)NC2(C3CCCN3C(=O)CC3CCC(=O)N3)CC2)n1. The Labute approximate surface area is 152 Å². The van der Waals surface area contributed by atoms with Crippen molar-refractivity contribution in [1.29, 1.82) is 0 Å². The fourth-order valence-electron chi connectivity index (χ4n) is 4.30. The van der Waals surface area contributed by atoms with Crippen LogP contribution in [0, 0.1) is 0 Å². The zero-order valence-corrected chi connectivity index (χ0v) is 15.0. The molecule has 1 aliphatic carbocycles. The van der Waals surface area contributed by atoms with Crippen molar-refractivity contribution in [2.24, 2.45) is 7.05 Å². The van der Waals surface area contributed by atoms with E-state index in [9.17, 15) is 14.4 Å². The Morgan fingerprint density at radius 1 is 1.38 bits per heavy atom. The Balaban J connectivity index is 1.41. The van der Waals surface area contributed by atoms with Crippen molar-refractivity contribution in [2.45, 2.75) is 62.6 Å². The third-order valence-corrected chi connectivity index (χ3v) is 5.81. The van der Waals surface area contributed by atoms with Crippen LogP contribution in [0.15, 0.2) is 12.3 Å². The summed E-state index contributed by atoms with van der Waals surface area (Å²) in [6.45, 7) is 0.728. The molecule has 1 saturated carbocycles. The highest BCUT2D eigenvalue weighted by molar-refractivity contribution is 5.93. The molecule has 0 bridgehead atoms. The van der Waals surface area contributed by atoms with E-state index in [4.69, 9.17) is 0 Å². The Bertz CT molecular complexity index is 739. The topological polar surface area (TPSA) is 96.3 Å². The van der Waals surface area contributed by atoms with Gasteiger partial charge in [-0.1, -0.05) is 0 Å². The van der Waals surface area contributed by atoms with Crippen molar-refractivity contribution in [2.75, 3.05) is 6.54 Å². The largest absolute Gasteiger partial charge is 0.353 e. The minimum absolute atomic E-state index is 0.0297. The molecule has 2 aliphatic heterocycles. The lowest BCUT2D eigenvalue weighted by atomic mass is 10.0. The van der Waals surface area contributed by atoms with Crippen molar-refractivity contribution in [3.8, 4) is 0 Å². The number of nitrogens with one attached hydrogen (secondary N) is 2. The molecular formula is C18H25N5O3. The number of aryl methyl sites for hydroxylation is 1. The summed E-state index contributed by atoms with van der Waals surface area (Å²) < 4.78 is 1.61. The van der Waals surface area contributed by atoms with Crippen LogP contribution in [0.4, 0.5) is 0 Å². The van der Waals surface area contributed by atoms with Gasteiger partial charge in [-0.25, -0.2) is 0 Å². The number of carbonyl (C=O) groups excluding carboxylic acids is 3. The second kappa shape index (κ2) is 6.41. The fourth-order valence-corrected chi connectivity index (χ4v) is 4.30. The molecule has 3 fully saturated rings. The van der Waals surface area contributed by atoms with Gasteiger partial charge in [-0.2, -0.15) is 5.10 Å². The van der Waals surface area contributed by atoms with E-state index in [-0.39, 0.29) is 35.3 Å². The van der Waals surface area contributed by atoms with Crippen LogP contribution in [0.2, 0.25) is 0 Å². The average Bonchev–Trinajstić information content (AvgIpc) is 3.01. The molecule has 140 valence electrons. The zero-order valence-electron chi connectivity index (χ0n) is 15.0. The fraction of sp³-hybridized carbons (Fsp3) is 0.667. The molecule has 3 heterocycles. The van der Waals surface area contributed by atoms with Crippen LogP contribution in [0.25, 0.3) is 0 Å². The molecule has 1 aromatic rings. The van der Waals surface area contributed by atoms with Gasteiger partial charge in [0.15, 0.2) is 0 Å². The average molecular weight is 359 g/mol. The van der Waals surface area contributed by atoms with Gasteiger partial charge in [-0.15, -0.1) is 0 Å². The van der Waals surface area contributed by atoms with Gasteiger partial charge in [-0.3, -0.25) is 19.1 Å².